The molecular formula is C18H18N2O4. The Kier molecular flexibility index (Phi) is 4.07. The van der Waals surface area contributed by atoms with Crippen LogP contribution in [0.15, 0.2) is 53.5 Å². The summed E-state index contributed by atoms with van der Waals surface area (Å²) in [6.45, 7) is 3.74. The Morgan fingerprint density at radius 3 is 2.62 bits per heavy atom. The third-order valence-corrected chi connectivity index (χ3v) is 4.04. The Balaban J connectivity index is 1.93. The van der Waals surface area contributed by atoms with E-state index in [0.717, 1.165) is 5.56 Å². The topological polar surface area (TPSA) is 85.0 Å². The lowest BCUT2D eigenvalue weighted by atomic mass is 9.93. The van der Waals surface area contributed by atoms with Gasteiger partial charge in [-0.05, 0) is 25.5 Å². The first-order valence-electron chi connectivity index (χ1n) is 7.65. The molecule has 0 bridgehead atoms. The molecule has 1 N–H and O–H groups in total. The molecule has 0 aliphatic carbocycles. The van der Waals surface area contributed by atoms with Gasteiger partial charge in [-0.2, -0.15) is 0 Å². The van der Waals surface area contributed by atoms with Crippen molar-refractivity contribution in [3.8, 4) is 5.75 Å². The second kappa shape index (κ2) is 6.05. The number of aliphatic hydroxyl groups is 1. The minimum atomic E-state index is -0.715. The molecule has 124 valence electrons. The molecule has 2 aromatic carbocycles. The molecule has 2 aromatic rings. The maximum atomic E-state index is 10.9. The fraction of sp³-hybridized carbons (Fsp3) is 0.278. The van der Waals surface area contributed by atoms with Crippen molar-refractivity contribution in [3.05, 3.63) is 64.2 Å². The first kappa shape index (κ1) is 16.1. The maximum absolute atomic E-state index is 10.9. The minimum absolute atomic E-state index is 0.0382. The summed E-state index contributed by atoms with van der Waals surface area (Å²) in [7, 11) is 0. The predicted molar refractivity (Wildman–Crippen MR) is 90.9 cm³/mol. The lowest BCUT2D eigenvalue weighted by Gasteiger charge is -2.33. The first-order chi connectivity index (χ1) is 11.4. The van der Waals surface area contributed by atoms with E-state index < -0.39 is 16.6 Å². The number of aliphatic hydroxyl groups excluding tert-OH is 1. The van der Waals surface area contributed by atoms with Gasteiger partial charge in [0.15, 0.2) is 0 Å². The van der Waals surface area contributed by atoms with Crippen LogP contribution in [0.3, 0.4) is 0 Å². The molecule has 0 saturated heterocycles. The maximum Gasteiger partial charge on any atom is 0.271 e. The highest BCUT2D eigenvalue weighted by Crippen LogP contribution is 2.40. The third kappa shape index (κ3) is 3.14. The Labute approximate surface area is 139 Å². The van der Waals surface area contributed by atoms with Gasteiger partial charge in [-0.3, -0.25) is 10.1 Å². The van der Waals surface area contributed by atoms with Crippen molar-refractivity contribution in [3.63, 3.8) is 0 Å². The van der Waals surface area contributed by atoms with E-state index in [9.17, 15) is 15.2 Å². The van der Waals surface area contributed by atoms with E-state index in [-0.39, 0.29) is 5.69 Å². The van der Waals surface area contributed by atoms with Gasteiger partial charge in [0, 0.05) is 18.6 Å². The van der Waals surface area contributed by atoms with Crippen LogP contribution in [0.2, 0.25) is 0 Å². The van der Waals surface area contributed by atoms with Crippen LogP contribution >= 0.6 is 0 Å². The van der Waals surface area contributed by atoms with Crippen molar-refractivity contribution in [2.75, 3.05) is 0 Å². The Hall–Kier alpha value is -2.73. The number of nitro groups is 1. The summed E-state index contributed by atoms with van der Waals surface area (Å²) in [5.41, 5.74) is 1.12. The van der Waals surface area contributed by atoms with E-state index in [4.69, 9.17) is 4.74 Å². The molecule has 1 atom stereocenters. The minimum Gasteiger partial charge on any atom is -0.480 e. The largest absolute Gasteiger partial charge is 0.480 e. The van der Waals surface area contributed by atoms with E-state index in [2.05, 4.69) is 4.99 Å². The smallest absolute Gasteiger partial charge is 0.271 e. The lowest BCUT2D eigenvalue weighted by molar-refractivity contribution is -0.384. The van der Waals surface area contributed by atoms with Crippen molar-refractivity contribution in [2.45, 2.75) is 32.0 Å². The van der Waals surface area contributed by atoms with Crippen LogP contribution in [0.5, 0.6) is 5.75 Å². The average molecular weight is 326 g/mol. The molecule has 0 spiro atoms. The van der Waals surface area contributed by atoms with Gasteiger partial charge in [0.2, 0.25) is 0 Å². The number of fused-ring (bicyclic) bond motifs is 1. The second-order valence-electron chi connectivity index (χ2n) is 6.21. The van der Waals surface area contributed by atoms with E-state index in [1.54, 1.807) is 6.07 Å². The van der Waals surface area contributed by atoms with Crippen LogP contribution in [-0.2, 0) is 0 Å². The number of hydrogen-bond donors (Lipinski definition) is 1. The zero-order valence-corrected chi connectivity index (χ0v) is 13.5. The van der Waals surface area contributed by atoms with Gasteiger partial charge in [-0.1, -0.05) is 30.3 Å². The zero-order chi connectivity index (χ0) is 17.3. The molecular weight excluding hydrogens is 308 g/mol. The molecule has 1 heterocycles. The Morgan fingerprint density at radius 2 is 1.96 bits per heavy atom. The van der Waals surface area contributed by atoms with Crippen molar-refractivity contribution < 1.29 is 14.8 Å². The fourth-order valence-electron chi connectivity index (χ4n) is 2.67. The van der Waals surface area contributed by atoms with Gasteiger partial charge >= 0.3 is 0 Å². The zero-order valence-electron chi connectivity index (χ0n) is 13.5. The predicted octanol–water partition coefficient (Wildman–Crippen LogP) is 3.96. The Bertz CT molecular complexity index is 800. The van der Waals surface area contributed by atoms with Gasteiger partial charge < -0.3 is 9.84 Å². The van der Waals surface area contributed by atoms with Crippen molar-refractivity contribution in [1.82, 2.24) is 0 Å². The summed E-state index contributed by atoms with van der Waals surface area (Å²) in [6.07, 6.45) is -0.424. The molecule has 1 aliphatic rings. The van der Waals surface area contributed by atoms with Crippen LogP contribution in [0, 0.1) is 10.1 Å². The number of nitrogens with zero attached hydrogens (tertiary/aromatic N) is 2. The highest BCUT2D eigenvalue weighted by molar-refractivity contribution is 5.96. The quantitative estimate of drug-likeness (QED) is 0.680. The monoisotopic (exact) mass is 326 g/mol. The molecule has 1 unspecified atom stereocenters. The van der Waals surface area contributed by atoms with Crippen molar-refractivity contribution in [2.24, 2.45) is 4.99 Å². The summed E-state index contributed by atoms with van der Waals surface area (Å²) in [6, 6.07) is 13.7. The first-order valence-corrected chi connectivity index (χ1v) is 7.65. The molecule has 0 amide bonds. The third-order valence-electron chi connectivity index (χ3n) is 4.04. The summed E-state index contributed by atoms with van der Waals surface area (Å²) < 4.78 is 5.94. The molecule has 0 fully saturated rings. The summed E-state index contributed by atoms with van der Waals surface area (Å²) in [5, 5.41) is 21.4. The van der Waals surface area contributed by atoms with Crippen LogP contribution in [-0.4, -0.2) is 21.3 Å². The number of ether oxygens (including phenoxy) is 1. The van der Waals surface area contributed by atoms with Crippen molar-refractivity contribution >= 4 is 17.1 Å². The summed E-state index contributed by atoms with van der Waals surface area (Å²) >= 11 is 0. The van der Waals surface area contributed by atoms with Crippen LogP contribution in [0.4, 0.5) is 11.4 Å². The highest BCUT2D eigenvalue weighted by Gasteiger charge is 2.34. The molecule has 0 radical (unpaired) electrons. The number of non-ortho nitro benzene ring substituents is 1. The van der Waals surface area contributed by atoms with Gasteiger partial charge in [0.1, 0.15) is 17.0 Å². The standard InChI is InChI=1S/C18H18N2O4/c1-18(2)17(11-15(21)12-6-4-3-5-7-12)19-14-10-13(20(22)23)8-9-16(14)24-18/h3-10,15,21H,11H2,1-2H3. The molecule has 6 heteroatoms. The normalized spacial score (nSPS) is 16.5. The lowest BCUT2D eigenvalue weighted by Crippen LogP contribution is -2.40. The summed E-state index contributed by atoms with van der Waals surface area (Å²) in [5.74, 6) is 0.503. The SMILES string of the molecule is CC1(C)Oc2ccc([N+](=O)[O-])cc2N=C1CC(O)c1ccccc1. The van der Waals surface area contributed by atoms with Crippen LogP contribution in [0.1, 0.15) is 31.9 Å². The van der Waals surface area contributed by atoms with E-state index in [1.807, 2.05) is 44.2 Å². The molecule has 1 aliphatic heterocycles. The number of rotatable bonds is 4. The van der Waals surface area contributed by atoms with Crippen LogP contribution < -0.4 is 4.74 Å². The van der Waals surface area contributed by atoms with Gasteiger partial charge in [0.25, 0.3) is 5.69 Å². The van der Waals surface area contributed by atoms with Gasteiger partial charge in [-0.25, -0.2) is 4.99 Å². The second-order valence-corrected chi connectivity index (χ2v) is 6.21. The number of aliphatic imine (C=N–C) groups is 1. The van der Waals surface area contributed by atoms with Crippen molar-refractivity contribution in [1.29, 1.82) is 0 Å². The fourth-order valence-corrected chi connectivity index (χ4v) is 2.67. The van der Waals surface area contributed by atoms with Crippen LogP contribution in [0.25, 0.3) is 0 Å². The number of benzene rings is 2. The van der Waals surface area contributed by atoms with E-state index in [1.165, 1.54) is 12.1 Å². The molecule has 24 heavy (non-hydrogen) atoms. The van der Waals surface area contributed by atoms with E-state index in [0.29, 0.717) is 23.6 Å². The van der Waals surface area contributed by atoms with E-state index >= 15 is 0 Å². The molecule has 3 rings (SSSR count). The molecule has 6 nitrogen and oxygen atoms in total. The average Bonchev–Trinajstić information content (AvgIpc) is 2.55. The molecule has 0 aromatic heterocycles. The number of hydrogen-bond acceptors (Lipinski definition) is 5. The molecule has 0 saturated carbocycles. The Morgan fingerprint density at radius 1 is 1.25 bits per heavy atom. The number of nitro benzene ring substituents is 1. The van der Waals surface area contributed by atoms with Gasteiger partial charge in [0.05, 0.1) is 16.7 Å². The highest BCUT2D eigenvalue weighted by atomic mass is 16.6. The summed E-state index contributed by atoms with van der Waals surface area (Å²) in [4.78, 5) is 15.0. The van der Waals surface area contributed by atoms with Gasteiger partial charge in [-0.15, -0.1) is 0 Å².